The standard InChI is InChI=1S/C24H30O6S2/c1-3-5-7-8-10-16(9-6-4-2)15-30-24(29)20-14-12-18(32-20)22(26)21(25)17-11-13-19(31-17)23(27)28/h11-14,16H,3-10,15H2,1-2H3,(H,27,28). The van der Waals surface area contributed by atoms with Gasteiger partial charge in [0, 0.05) is 0 Å². The molecule has 0 aliphatic heterocycles. The molecule has 0 fully saturated rings. The Balaban J connectivity index is 1.94. The van der Waals surface area contributed by atoms with E-state index >= 15 is 0 Å². The van der Waals surface area contributed by atoms with Gasteiger partial charge in [-0.3, -0.25) is 9.59 Å². The largest absolute Gasteiger partial charge is 0.477 e. The first-order chi connectivity index (χ1) is 15.4. The summed E-state index contributed by atoms with van der Waals surface area (Å²) in [5, 5.41) is 8.97. The number of rotatable bonds is 15. The fraction of sp³-hybridized carbons (Fsp3) is 0.500. The highest BCUT2D eigenvalue weighted by Gasteiger charge is 2.24. The second-order valence-electron chi connectivity index (χ2n) is 7.75. The lowest BCUT2D eigenvalue weighted by Crippen LogP contribution is -2.14. The third-order valence-electron chi connectivity index (χ3n) is 5.16. The van der Waals surface area contributed by atoms with Crippen molar-refractivity contribution < 1.29 is 29.0 Å². The van der Waals surface area contributed by atoms with Crippen LogP contribution in [-0.2, 0) is 4.74 Å². The van der Waals surface area contributed by atoms with Gasteiger partial charge < -0.3 is 9.84 Å². The van der Waals surface area contributed by atoms with Crippen LogP contribution in [0.5, 0.6) is 0 Å². The van der Waals surface area contributed by atoms with Crippen LogP contribution < -0.4 is 0 Å². The van der Waals surface area contributed by atoms with Crippen LogP contribution in [0.15, 0.2) is 24.3 Å². The van der Waals surface area contributed by atoms with Gasteiger partial charge in [-0.1, -0.05) is 52.4 Å². The maximum atomic E-state index is 12.5. The molecule has 2 rings (SSSR count). The third-order valence-corrected chi connectivity index (χ3v) is 7.30. The van der Waals surface area contributed by atoms with Gasteiger partial charge in [0.1, 0.15) is 9.75 Å². The lowest BCUT2D eigenvalue weighted by atomic mass is 9.96. The Labute approximate surface area is 196 Å². The van der Waals surface area contributed by atoms with E-state index in [1.165, 1.54) is 43.5 Å². The SMILES string of the molecule is CCCCCCC(CCCC)COC(=O)c1ccc(C(=O)C(=O)c2ccc(C(=O)O)s2)s1. The summed E-state index contributed by atoms with van der Waals surface area (Å²) in [5.41, 5.74) is 0. The summed E-state index contributed by atoms with van der Waals surface area (Å²) in [7, 11) is 0. The number of Topliss-reactive ketones (excluding diaryl/α,β-unsaturated/α-hetero) is 2. The highest BCUT2D eigenvalue weighted by Crippen LogP contribution is 2.24. The van der Waals surface area contributed by atoms with Crippen molar-refractivity contribution in [3.8, 4) is 0 Å². The minimum Gasteiger partial charge on any atom is -0.477 e. The number of aromatic carboxylic acids is 1. The van der Waals surface area contributed by atoms with Crippen molar-refractivity contribution >= 4 is 46.2 Å². The average Bonchev–Trinajstić information content (AvgIpc) is 3.47. The Morgan fingerprint density at radius 1 is 0.781 bits per heavy atom. The van der Waals surface area contributed by atoms with Crippen molar-refractivity contribution in [3.05, 3.63) is 43.8 Å². The summed E-state index contributed by atoms with van der Waals surface area (Å²) in [4.78, 5) is 48.8. The van der Waals surface area contributed by atoms with Crippen molar-refractivity contribution in [2.75, 3.05) is 6.61 Å². The molecule has 6 nitrogen and oxygen atoms in total. The molecule has 8 heteroatoms. The van der Waals surface area contributed by atoms with Crippen LogP contribution >= 0.6 is 22.7 Å². The number of ketones is 2. The van der Waals surface area contributed by atoms with E-state index in [9.17, 15) is 19.2 Å². The fourth-order valence-electron chi connectivity index (χ4n) is 3.30. The van der Waals surface area contributed by atoms with Gasteiger partial charge >= 0.3 is 11.9 Å². The summed E-state index contributed by atoms with van der Waals surface area (Å²) in [6.45, 7) is 4.68. The number of carbonyl (C=O) groups excluding carboxylic acids is 3. The Kier molecular flexibility index (Phi) is 10.8. The molecule has 32 heavy (non-hydrogen) atoms. The predicted octanol–water partition coefficient (Wildman–Crippen LogP) is 6.51. The molecule has 0 aromatic carbocycles. The summed E-state index contributed by atoms with van der Waals surface area (Å²) >= 11 is 1.68. The zero-order chi connectivity index (χ0) is 23.5. The Morgan fingerprint density at radius 3 is 1.88 bits per heavy atom. The van der Waals surface area contributed by atoms with E-state index in [1.54, 1.807) is 0 Å². The number of thiophene rings is 2. The van der Waals surface area contributed by atoms with Crippen molar-refractivity contribution in [1.29, 1.82) is 0 Å². The number of hydrogen-bond acceptors (Lipinski definition) is 7. The highest BCUT2D eigenvalue weighted by molar-refractivity contribution is 7.19. The smallest absolute Gasteiger partial charge is 0.348 e. The number of carboxylic acid groups (broad SMARTS) is 1. The molecular weight excluding hydrogens is 448 g/mol. The lowest BCUT2D eigenvalue weighted by molar-refractivity contribution is 0.0428. The molecule has 0 saturated heterocycles. The molecule has 0 aliphatic rings. The fourth-order valence-corrected chi connectivity index (χ4v) is 4.92. The Morgan fingerprint density at radius 2 is 1.31 bits per heavy atom. The number of esters is 1. The minimum absolute atomic E-state index is 0.0103. The first kappa shape index (κ1) is 25.9. The van der Waals surface area contributed by atoms with Crippen LogP contribution in [0.1, 0.15) is 104 Å². The van der Waals surface area contributed by atoms with Crippen molar-refractivity contribution in [1.82, 2.24) is 0 Å². The predicted molar refractivity (Wildman–Crippen MR) is 126 cm³/mol. The van der Waals surface area contributed by atoms with Crippen LogP contribution in [0.2, 0.25) is 0 Å². The lowest BCUT2D eigenvalue weighted by Gasteiger charge is -2.16. The first-order valence-electron chi connectivity index (χ1n) is 11.1. The molecule has 1 unspecified atom stereocenters. The van der Waals surface area contributed by atoms with Crippen LogP contribution in [-0.4, -0.2) is 35.2 Å². The van der Waals surface area contributed by atoms with E-state index in [-0.39, 0.29) is 19.5 Å². The molecule has 0 amide bonds. The molecule has 174 valence electrons. The number of carboxylic acids is 1. The van der Waals surface area contributed by atoms with E-state index < -0.39 is 23.5 Å². The summed E-state index contributed by atoms with van der Waals surface area (Å²) in [6, 6.07) is 5.55. The first-order valence-corrected chi connectivity index (χ1v) is 12.7. The Bertz CT molecular complexity index is 927. The van der Waals surface area contributed by atoms with Gasteiger partial charge in [0.15, 0.2) is 0 Å². The molecular formula is C24H30O6S2. The van der Waals surface area contributed by atoms with Crippen LogP contribution in [0, 0.1) is 5.92 Å². The van der Waals surface area contributed by atoms with Crippen molar-refractivity contribution in [3.63, 3.8) is 0 Å². The van der Waals surface area contributed by atoms with Gasteiger partial charge in [-0.05, 0) is 43.0 Å². The molecule has 2 aromatic heterocycles. The van der Waals surface area contributed by atoms with E-state index in [4.69, 9.17) is 9.84 Å². The topological polar surface area (TPSA) is 97.7 Å². The van der Waals surface area contributed by atoms with Crippen LogP contribution in [0.25, 0.3) is 0 Å². The second kappa shape index (κ2) is 13.3. The zero-order valence-electron chi connectivity index (χ0n) is 18.6. The number of ether oxygens (including phenoxy) is 1. The minimum atomic E-state index is -1.15. The molecule has 0 radical (unpaired) electrons. The monoisotopic (exact) mass is 478 g/mol. The molecule has 2 heterocycles. The van der Waals surface area contributed by atoms with Gasteiger partial charge in [0.25, 0.3) is 0 Å². The molecule has 2 aromatic rings. The van der Waals surface area contributed by atoms with Crippen molar-refractivity contribution in [2.45, 2.75) is 65.2 Å². The molecule has 0 aliphatic carbocycles. The van der Waals surface area contributed by atoms with Gasteiger partial charge in [0.05, 0.1) is 16.4 Å². The van der Waals surface area contributed by atoms with Crippen molar-refractivity contribution in [2.24, 2.45) is 5.92 Å². The maximum Gasteiger partial charge on any atom is 0.348 e. The maximum absolute atomic E-state index is 12.5. The second-order valence-corrected chi connectivity index (χ2v) is 9.91. The number of unbranched alkanes of at least 4 members (excludes halogenated alkanes) is 4. The summed E-state index contributed by atoms with van der Waals surface area (Å²) in [6.07, 6.45) is 8.98. The quantitative estimate of drug-likeness (QED) is 0.136. The molecule has 1 atom stereocenters. The molecule has 1 N–H and O–H groups in total. The normalized spacial score (nSPS) is 11.8. The van der Waals surface area contributed by atoms with Crippen LogP contribution in [0.3, 0.4) is 0 Å². The van der Waals surface area contributed by atoms with E-state index in [0.717, 1.165) is 54.8 Å². The summed E-state index contributed by atoms with van der Waals surface area (Å²) < 4.78 is 5.52. The number of carbonyl (C=O) groups is 4. The van der Waals surface area contributed by atoms with Gasteiger partial charge in [-0.2, -0.15) is 0 Å². The number of hydrogen-bond donors (Lipinski definition) is 1. The third kappa shape index (κ3) is 7.67. The summed E-state index contributed by atoms with van der Waals surface area (Å²) in [5.74, 6) is -2.84. The molecule has 0 bridgehead atoms. The van der Waals surface area contributed by atoms with E-state index in [2.05, 4.69) is 13.8 Å². The zero-order valence-corrected chi connectivity index (χ0v) is 20.2. The van der Waals surface area contributed by atoms with Gasteiger partial charge in [0.2, 0.25) is 11.6 Å². The highest BCUT2D eigenvalue weighted by atomic mass is 32.1. The van der Waals surface area contributed by atoms with Crippen LogP contribution in [0.4, 0.5) is 0 Å². The van der Waals surface area contributed by atoms with E-state index in [1.807, 2.05) is 0 Å². The average molecular weight is 479 g/mol. The molecule has 0 saturated carbocycles. The van der Waals surface area contributed by atoms with Gasteiger partial charge in [-0.25, -0.2) is 9.59 Å². The van der Waals surface area contributed by atoms with E-state index in [0.29, 0.717) is 12.5 Å². The van der Waals surface area contributed by atoms with Gasteiger partial charge in [-0.15, -0.1) is 22.7 Å². The molecule has 0 spiro atoms. The Hall–Kier alpha value is -2.32.